The maximum absolute atomic E-state index is 12.6. The van der Waals surface area contributed by atoms with E-state index < -0.39 is 0 Å². The number of imide groups is 1. The standard InChI is InChI=1S/C23H20N6O3S/c1-2-15-8-10-16(11-9-15)13-19-22(31)29(23(32)33-19)12-4-7-20(30)24-18-6-3-5-17(14-18)21-25-27-28-26-21/h3-11,13-14H,2,12H2,1H3,(H,24,30)(H,25,26,27,28)/b7-4+,19-13-. The molecule has 2 aromatic carbocycles. The Balaban J connectivity index is 1.35. The van der Waals surface area contributed by atoms with Gasteiger partial charge in [0, 0.05) is 23.9 Å². The number of hydrogen-bond acceptors (Lipinski definition) is 7. The number of carbonyl (C=O) groups excluding carboxylic acids is 3. The number of nitrogens with one attached hydrogen (secondary N) is 2. The summed E-state index contributed by atoms with van der Waals surface area (Å²) in [5.41, 5.74) is 3.33. The second-order valence-corrected chi connectivity index (χ2v) is 8.10. The molecule has 2 N–H and O–H groups in total. The fraction of sp³-hybridized carbons (Fsp3) is 0.130. The highest BCUT2D eigenvalue weighted by Gasteiger charge is 2.34. The van der Waals surface area contributed by atoms with Crippen LogP contribution in [-0.2, 0) is 16.0 Å². The lowest BCUT2D eigenvalue weighted by Crippen LogP contribution is -2.28. The fourth-order valence-electron chi connectivity index (χ4n) is 3.13. The van der Waals surface area contributed by atoms with Crippen molar-refractivity contribution >= 4 is 40.6 Å². The summed E-state index contributed by atoms with van der Waals surface area (Å²) in [5, 5.41) is 15.9. The Kier molecular flexibility index (Phi) is 6.75. The lowest BCUT2D eigenvalue weighted by atomic mass is 10.1. The van der Waals surface area contributed by atoms with E-state index in [-0.39, 0.29) is 23.6 Å². The van der Waals surface area contributed by atoms with Crippen LogP contribution < -0.4 is 5.32 Å². The van der Waals surface area contributed by atoms with Gasteiger partial charge in [-0.1, -0.05) is 49.4 Å². The Bertz CT molecular complexity index is 1240. The number of nitrogens with zero attached hydrogens (tertiary/aromatic N) is 4. The number of rotatable bonds is 7. The van der Waals surface area contributed by atoms with Crippen molar-refractivity contribution in [2.75, 3.05) is 11.9 Å². The van der Waals surface area contributed by atoms with Gasteiger partial charge in [0.25, 0.3) is 11.1 Å². The lowest BCUT2D eigenvalue weighted by Gasteiger charge is -2.09. The van der Waals surface area contributed by atoms with Crippen LogP contribution in [0.3, 0.4) is 0 Å². The third-order valence-electron chi connectivity index (χ3n) is 4.87. The average Bonchev–Trinajstić information content (AvgIpc) is 3.44. The molecule has 2 heterocycles. The molecule has 10 heteroatoms. The highest BCUT2D eigenvalue weighted by atomic mass is 32.2. The van der Waals surface area contributed by atoms with E-state index in [0.717, 1.165) is 34.2 Å². The zero-order valence-corrected chi connectivity index (χ0v) is 18.5. The van der Waals surface area contributed by atoms with Crippen molar-refractivity contribution < 1.29 is 14.4 Å². The smallest absolute Gasteiger partial charge is 0.293 e. The number of hydrogen-bond donors (Lipinski definition) is 2. The van der Waals surface area contributed by atoms with Crippen molar-refractivity contribution in [3.8, 4) is 11.4 Å². The van der Waals surface area contributed by atoms with Gasteiger partial charge in [-0.15, -0.1) is 5.10 Å². The first-order valence-corrected chi connectivity index (χ1v) is 11.0. The van der Waals surface area contributed by atoms with E-state index in [0.29, 0.717) is 16.4 Å². The van der Waals surface area contributed by atoms with E-state index in [1.54, 1.807) is 30.3 Å². The maximum atomic E-state index is 12.6. The first-order chi connectivity index (χ1) is 16.0. The highest BCUT2D eigenvalue weighted by molar-refractivity contribution is 8.18. The summed E-state index contributed by atoms with van der Waals surface area (Å²) in [6.45, 7) is 2.08. The van der Waals surface area contributed by atoms with Crippen molar-refractivity contribution in [2.24, 2.45) is 0 Å². The van der Waals surface area contributed by atoms with E-state index in [1.807, 2.05) is 24.3 Å². The van der Waals surface area contributed by atoms with Gasteiger partial charge in [-0.25, -0.2) is 5.10 Å². The van der Waals surface area contributed by atoms with E-state index in [1.165, 1.54) is 17.7 Å². The number of benzene rings is 2. The van der Waals surface area contributed by atoms with Crippen molar-refractivity contribution in [1.29, 1.82) is 0 Å². The molecule has 1 aliphatic rings. The van der Waals surface area contributed by atoms with E-state index in [2.05, 4.69) is 32.9 Å². The molecule has 166 valence electrons. The molecular weight excluding hydrogens is 440 g/mol. The first-order valence-electron chi connectivity index (χ1n) is 10.2. The fourth-order valence-corrected chi connectivity index (χ4v) is 3.98. The van der Waals surface area contributed by atoms with Crippen LogP contribution in [0, 0.1) is 0 Å². The summed E-state index contributed by atoms with van der Waals surface area (Å²) in [4.78, 5) is 38.6. The summed E-state index contributed by atoms with van der Waals surface area (Å²) in [6, 6.07) is 14.9. The number of tetrazole rings is 1. The molecule has 0 radical (unpaired) electrons. The normalized spacial score (nSPS) is 15.1. The summed E-state index contributed by atoms with van der Waals surface area (Å²) in [6.07, 6.45) is 5.41. The summed E-state index contributed by atoms with van der Waals surface area (Å²) >= 11 is 0.893. The molecular formula is C23H20N6O3S. The van der Waals surface area contributed by atoms with Gasteiger partial charge in [0.15, 0.2) is 5.82 Å². The Hall–Kier alpha value is -4.05. The zero-order valence-electron chi connectivity index (χ0n) is 17.7. The second-order valence-electron chi connectivity index (χ2n) is 7.11. The molecule has 0 bridgehead atoms. The quantitative estimate of drug-likeness (QED) is 0.516. The van der Waals surface area contributed by atoms with Crippen LogP contribution in [0.1, 0.15) is 18.1 Å². The molecule has 1 aliphatic heterocycles. The molecule has 0 spiro atoms. The number of anilines is 1. The maximum Gasteiger partial charge on any atom is 0.293 e. The van der Waals surface area contributed by atoms with Gasteiger partial charge in [-0.05, 0) is 57.9 Å². The number of amides is 3. The lowest BCUT2D eigenvalue weighted by molar-refractivity contribution is -0.122. The monoisotopic (exact) mass is 460 g/mol. The predicted molar refractivity (Wildman–Crippen MR) is 126 cm³/mol. The van der Waals surface area contributed by atoms with Gasteiger partial charge in [0.05, 0.1) is 4.91 Å². The van der Waals surface area contributed by atoms with E-state index in [9.17, 15) is 14.4 Å². The predicted octanol–water partition coefficient (Wildman–Crippen LogP) is 3.66. The van der Waals surface area contributed by atoms with Gasteiger partial charge >= 0.3 is 0 Å². The largest absolute Gasteiger partial charge is 0.322 e. The Morgan fingerprint density at radius 2 is 2.00 bits per heavy atom. The van der Waals surface area contributed by atoms with Crippen LogP contribution in [0.2, 0.25) is 0 Å². The topological polar surface area (TPSA) is 121 Å². The molecule has 0 atom stereocenters. The summed E-state index contributed by atoms with van der Waals surface area (Å²) < 4.78 is 0. The Morgan fingerprint density at radius 3 is 2.73 bits per heavy atom. The third-order valence-corrected chi connectivity index (χ3v) is 5.77. The van der Waals surface area contributed by atoms with Gasteiger partial charge in [0.2, 0.25) is 5.91 Å². The minimum atomic E-state index is -0.388. The highest BCUT2D eigenvalue weighted by Crippen LogP contribution is 2.32. The average molecular weight is 461 g/mol. The number of aromatic amines is 1. The molecule has 1 aromatic heterocycles. The minimum Gasteiger partial charge on any atom is -0.322 e. The summed E-state index contributed by atoms with van der Waals surface area (Å²) in [7, 11) is 0. The van der Waals surface area contributed by atoms with E-state index >= 15 is 0 Å². The molecule has 0 saturated carbocycles. The van der Waals surface area contributed by atoms with E-state index in [4.69, 9.17) is 0 Å². The molecule has 0 unspecified atom stereocenters. The molecule has 3 aromatic rings. The van der Waals surface area contributed by atoms with Crippen molar-refractivity contribution in [3.63, 3.8) is 0 Å². The first kappa shape index (κ1) is 22.2. The van der Waals surface area contributed by atoms with Crippen molar-refractivity contribution in [1.82, 2.24) is 25.5 Å². The molecule has 1 saturated heterocycles. The Labute approximate surface area is 194 Å². The van der Waals surface area contributed by atoms with Crippen LogP contribution in [0.15, 0.2) is 65.6 Å². The second kappa shape index (κ2) is 10.0. The number of thioether (sulfide) groups is 1. The van der Waals surface area contributed by atoms with Crippen LogP contribution in [-0.4, -0.2) is 49.1 Å². The van der Waals surface area contributed by atoms with Gasteiger partial charge in [-0.3, -0.25) is 19.3 Å². The number of aromatic nitrogens is 4. The van der Waals surface area contributed by atoms with Gasteiger partial charge in [-0.2, -0.15) is 0 Å². The van der Waals surface area contributed by atoms with Gasteiger partial charge < -0.3 is 5.32 Å². The minimum absolute atomic E-state index is 0.00791. The third kappa shape index (κ3) is 5.42. The van der Waals surface area contributed by atoms with Crippen LogP contribution in [0.4, 0.5) is 10.5 Å². The van der Waals surface area contributed by atoms with Crippen LogP contribution >= 0.6 is 11.8 Å². The Morgan fingerprint density at radius 1 is 1.18 bits per heavy atom. The van der Waals surface area contributed by atoms with Crippen molar-refractivity contribution in [3.05, 3.63) is 76.7 Å². The van der Waals surface area contributed by atoms with Crippen LogP contribution in [0.25, 0.3) is 17.5 Å². The van der Waals surface area contributed by atoms with Gasteiger partial charge in [0.1, 0.15) is 0 Å². The number of aryl methyl sites for hydroxylation is 1. The zero-order chi connectivity index (χ0) is 23.2. The SMILES string of the molecule is CCc1ccc(/C=C2\SC(=O)N(C/C=C/C(=O)Nc3cccc(-c4nnn[nH]4)c3)C2=O)cc1. The summed E-state index contributed by atoms with van der Waals surface area (Å²) in [5.74, 6) is -0.278. The molecule has 0 aliphatic carbocycles. The molecule has 3 amide bonds. The van der Waals surface area contributed by atoms with Crippen LogP contribution in [0.5, 0.6) is 0 Å². The number of H-pyrrole nitrogens is 1. The molecule has 4 rings (SSSR count). The molecule has 1 fully saturated rings. The number of carbonyl (C=O) groups is 3. The van der Waals surface area contributed by atoms with Crippen molar-refractivity contribution in [2.45, 2.75) is 13.3 Å². The molecule has 9 nitrogen and oxygen atoms in total. The molecule has 33 heavy (non-hydrogen) atoms.